The second-order valence-electron chi connectivity index (χ2n) is 7.55. The third-order valence-corrected chi connectivity index (χ3v) is 5.63. The molecule has 29 heavy (non-hydrogen) atoms. The summed E-state index contributed by atoms with van der Waals surface area (Å²) in [5.41, 5.74) is 8.97. The van der Waals surface area contributed by atoms with Crippen LogP contribution in [-0.4, -0.2) is 20.4 Å². The van der Waals surface area contributed by atoms with Gasteiger partial charge < -0.3 is 15.6 Å². The van der Waals surface area contributed by atoms with Crippen LogP contribution in [0, 0.1) is 16.7 Å². The van der Waals surface area contributed by atoms with E-state index in [1.807, 2.05) is 42.3 Å². The molecule has 0 aliphatic heterocycles. The molecule has 0 saturated heterocycles. The molecule has 0 atom stereocenters. The highest BCUT2D eigenvalue weighted by Crippen LogP contribution is 2.45. The normalized spacial score (nSPS) is 14.6. The second kappa shape index (κ2) is 6.04. The third-order valence-electron chi connectivity index (χ3n) is 5.63. The molecule has 1 aromatic carbocycles. The number of carbonyl (C=O) groups excluding carboxylic acids is 1. The quantitative estimate of drug-likeness (QED) is 0.526. The van der Waals surface area contributed by atoms with Gasteiger partial charge in [0.05, 0.1) is 17.8 Å². The van der Waals surface area contributed by atoms with Crippen molar-refractivity contribution >= 4 is 39.1 Å². The molecule has 4 aromatic rings. The number of benzene rings is 1. The Kier molecular flexibility index (Phi) is 3.58. The molecule has 1 aliphatic carbocycles. The van der Waals surface area contributed by atoms with Crippen LogP contribution < -0.4 is 11.1 Å². The van der Waals surface area contributed by atoms with Crippen LogP contribution in [0.3, 0.4) is 0 Å². The van der Waals surface area contributed by atoms with Gasteiger partial charge in [-0.2, -0.15) is 5.26 Å². The molecule has 7 heteroatoms. The molecule has 1 aliphatic rings. The van der Waals surface area contributed by atoms with Crippen LogP contribution in [0.15, 0.2) is 49.1 Å². The van der Waals surface area contributed by atoms with Crippen LogP contribution in [0.25, 0.3) is 32.8 Å². The summed E-state index contributed by atoms with van der Waals surface area (Å²) in [6.45, 7) is 0. The van der Waals surface area contributed by atoms with Crippen LogP contribution in [0.2, 0.25) is 0 Å². The van der Waals surface area contributed by atoms with Gasteiger partial charge in [0.1, 0.15) is 11.2 Å². The van der Waals surface area contributed by atoms with E-state index in [-0.39, 0.29) is 5.91 Å². The molecular formula is C22H18N6O. The molecule has 7 nitrogen and oxygen atoms in total. The zero-order valence-electron chi connectivity index (χ0n) is 15.8. The lowest BCUT2D eigenvalue weighted by molar-refractivity contribution is -0.119. The molecule has 1 saturated carbocycles. The monoisotopic (exact) mass is 382 g/mol. The van der Waals surface area contributed by atoms with Gasteiger partial charge in [-0.3, -0.25) is 9.78 Å². The first-order valence-corrected chi connectivity index (χ1v) is 9.32. The number of anilines is 2. The van der Waals surface area contributed by atoms with Crippen molar-refractivity contribution in [3.63, 3.8) is 0 Å². The zero-order chi connectivity index (χ0) is 20.2. The van der Waals surface area contributed by atoms with Gasteiger partial charge >= 0.3 is 0 Å². The lowest BCUT2D eigenvalue weighted by Crippen LogP contribution is -2.23. The Morgan fingerprint density at radius 3 is 2.83 bits per heavy atom. The van der Waals surface area contributed by atoms with Crippen molar-refractivity contribution in [3.8, 4) is 17.2 Å². The molecule has 0 unspecified atom stereocenters. The number of amides is 1. The lowest BCUT2D eigenvalue weighted by atomic mass is 9.99. The maximum absolute atomic E-state index is 12.4. The number of aromatic nitrogens is 3. The number of fused-ring (bicyclic) bond motifs is 2. The van der Waals surface area contributed by atoms with Gasteiger partial charge in [-0.1, -0.05) is 0 Å². The van der Waals surface area contributed by atoms with E-state index in [0.717, 1.165) is 32.8 Å². The van der Waals surface area contributed by atoms with Gasteiger partial charge in [0, 0.05) is 47.7 Å². The predicted octanol–water partition coefficient (Wildman–Crippen LogP) is 3.61. The second-order valence-corrected chi connectivity index (χ2v) is 7.55. The molecular weight excluding hydrogens is 364 g/mol. The summed E-state index contributed by atoms with van der Waals surface area (Å²) in [7, 11) is 1.98. The number of pyridine rings is 2. The molecule has 3 heterocycles. The highest BCUT2D eigenvalue weighted by molar-refractivity contribution is 6.03. The number of aryl methyl sites for hydroxylation is 1. The van der Waals surface area contributed by atoms with Crippen molar-refractivity contribution in [2.75, 3.05) is 11.1 Å². The Bertz CT molecular complexity index is 1340. The fourth-order valence-electron chi connectivity index (χ4n) is 3.67. The third kappa shape index (κ3) is 2.69. The Hall–Kier alpha value is -3.92. The molecule has 142 valence electrons. The first kappa shape index (κ1) is 17.2. The standard InChI is InChI=1S/C22H18N6O/c1-28-5-2-15-16(9-25-11-19(15)28)13-6-14-8-20(26-10-17(14)18(24)7-13)27-21(29)22(12-23)3-4-22/h2,5-11H,3-4,24H2,1H3,(H,26,27,29). The molecule has 5 rings (SSSR count). The molecule has 3 N–H and O–H groups in total. The molecule has 1 amide bonds. The van der Waals surface area contributed by atoms with Crippen molar-refractivity contribution in [2.24, 2.45) is 12.5 Å². The number of rotatable bonds is 3. The summed E-state index contributed by atoms with van der Waals surface area (Å²) in [6.07, 6.45) is 8.50. The topological polar surface area (TPSA) is 110 Å². The lowest BCUT2D eigenvalue weighted by Gasteiger charge is -2.11. The van der Waals surface area contributed by atoms with Crippen molar-refractivity contribution in [1.29, 1.82) is 5.26 Å². The Morgan fingerprint density at radius 2 is 2.07 bits per heavy atom. The number of nitrogens with one attached hydrogen (secondary N) is 1. The zero-order valence-corrected chi connectivity index (χ0v) is 15.8. The number of hydrogen-bond acceptors (Lipinski definition) is 5. The highest BCUT2D eigenvalue weighted by atomic mass is 16.2. The minimum absolute atomic E-state index is 0.297. The summed E-state index contributed by atoms with van der Waals surface area (Å²) in [6, 6.07) is 9.88. The van der Waals surface area contributed by atoms with Crippen LogP contribution >= 0.6 is 0 Å². The van der Waals surface area contributed by atoms with E-state index in [2.05, 4.69) is 27.4 Å². The van der Waals surface area contributed by atoms with Crippen LogP contribution in [0.1, 0.15) is 12.8 Å². The smallest absolute Gasteiger partial charge is 0.246 e. The van der Waals surface area contributed by atoms with E-state index in [9.17, 15) is 10.1 Å². The fraction of sp³-hybridized carbons (Fsp3) is 0.182. The first-order chi connectivity index (χ1) is 14.0. The van der Waals surface area contributed by atoms with Crippen molar-refractivity contribution in [1.82, 2.24) is 14.5 Å². The Balaban J connectivity index is 1.59. The van der Waals surface area contributed by atoms with Crippen molar-refractivity contribution in [2.45, 2.75) is 12.8 Å². The minimum Gasteiger partial charge on any atom is -0.398 e. The number of nitrogens with two attached hydrogens (primary N) is 1. The van der Waals surface area contributed by atoms with Crippen molar-refractivity contribution in [3.05, 3.63) is 49.1 Å². The van der Waals surface area contributed by atoms with Gasteiger partial charge in [0.2, 0.25) is 5.91 Å². The predicted molar refractivity (Wildman–Crippen MR) is 112 cm³/mol. The molecule has 0 radical (unpaired) electrons. The number of nitrogen functional groups attached to an aromatic ring is 1. The molecule has 0 spiro atoms. The van der Waals surface area contributed by atoms with Gasteiger partial charge in [0.25, 0.3) is 0 Å². The van der Waals surface area contributed by atoms with E-state index >= 15 is 0 Å². The summed E-state index contributed by atoms with van der Waals surface area (Å²) in [5.74, 6) is 0.117. The maximum Gasteiger partial charge on any atom is 0.246 e. The largest absolute Gasteiger partial charge is 0.398 e. The molecule has 1 fully saturated rings. The van der Waals surface area contributed by atoms with Gasteiger partial charge in [0.15, 0.2) is 0 Å². The first-order valence-electron chi connectivity index (χ1n) is 9.32. The van der Waals surface area contributed by atoms with E-state index in [0.29, 0.717) is 24.3 Å². The maximum atomic E-state index is 12.4. The van der Waals surface area contributed by atoms with Crippen LogP contribution in [0.4, 0.5) is 11.5 Å². The number of carbonyl (C=O) groups is 1. The van der Waals surface area contributed by atoms with Gasteiger partial charge in [-0.15, -0.1) is 0 Å². The van der Waals surface area contributed by atoms with Crippen LogP contribution in [0.5, 0.6) is 0 Å². The highest BCUT2D eigenvalue weighted by Gasteiger charge is 2.50. The summed E-state index contributed by atoms with van der Waals surface area (Å²) in [4.78, 5) is 21.0. The van der Waals surface area contributed by atoms with Gasteiger partial charge in [-0.25, -0.2) is 4.98 Å². The van der Waals surface area contributed by atoms with E-state index in [4.69, 9.17) is 5.73 Å². The Labute approximate surface area is 166 Å². The van der Waals surface area contributed by atoms with Crippen molar-refractivity contribution < 1.29 is 4.79 Å². The average molecular weight is 382 g/mol. The molecule has 0 bridgehead atoms. The summed E-state index contributed by atoms with van der Waals surface area (Å²) >= 11 is 0. The average Bonchev–Trinajstić information content (AvgIpc) is 3.44. The van der Waals surface area contributed by atoms with E-state index in [1.165, 1.54) is 0 Å². The van der Waals surface area contributed by atoms with E-state index in [1.54, 1.807) is 12.3 Å². The number of nitrogens with zero attached hydrogens (tertiary/aromatic N) is 4. The minimum atomic E-state index is -0.897. The fourth-order valence-corrected chi connectivity index (χ4v) is 3.67. The Morgan fingerprint density at radius 1 is 1.24 bits per heavy atom. The van der Waals surface area contributed by atoms with Gasteiger partial charge in [-0.05, 0) is 48.1 Å². The van der Waals surface area contributed by atoms with Crippen LogP contribution in [-0.2, 0) is 11.8 Å². The number of nitriles is 1. The van der Waals surface area contributed by atoms with E-state index < -0.39 is 5.41 Å². The molecule has 3 aromatic heterocycles. The SMILES string of the molecule is Cn1ccc2c(-c3cc(N)c4cnc(NC(=O)C5(C#N)CC5)cc4c3)cncc21. The summed E-state index contributed by atoms with van der Waals surface area (Å²) < 4.78 is 2.02. The summed E-state index contributed by atoms with van der Waals surface area (Å²) in [5, 5.41) is 14.7. The number of hydrogen-bond donors (Lipinski definition) is 2.